The smallest absolute Gasteiger partial charge is 0.162 e. The van der Waals surface area contributed by atoms with Crippen molar-refractivity contribution in [2.24, 2.45) is 5.92 Å². The van der Waals surface area contributed by atoms with Crippen molar-refractivity contribution in [3.8, 4) is 11.5 Å². The molecule has 3 heteroatoms. The second-order valence-electron chi connectivity index (χ2n) is 5.75. The fourth-order valence-electron chi connectivity index (χ4n) is 2.90. The minimum atomic E-state index is 0.586. The number of nitrogens with one attached hydrogen (secondary N) is 1. The van der Waals surface area contributed by atoms with E-state index in [1.165, 1.54) is 32.1 Å². The zero-order valence-corrected chi connectivity index (χ0v) is 12.9. The van der Waals surface area contributed by atoms with Crippen LogP contribution in [0.4, 0.5) is 5.69 Å². The first-order valence-electron chi connectivity index (χ1n) is 7.80. The van der Waals surface area contributed by atoms with Gasteiger partial charge in [-0.15, -0.1) is 0 Å². The van der Waals surface area contributed by atoms with Gasteiger partial charge in [-0.25, -0.2) is 0 Å². The largest absolute Gasteiger partial charge is 0.493 e. The third-order valence-electron chi connectivity index (χ3n) is 4.09. The zero-order valence-electron chi connectivity index (χ0n) is 12.9. The molecule has 1 aromatic carbocycles. The van der Waals surface area contributed by atoms with E-state index in [2.05, 4.69) is 18.3 Å². The fraction of sp³-hybridized carbons (Fsp3) is 0.647. The van der Waals surface area contributed by atoms with Crippen molar-refractivity contribution in [3.63, 3.8) is 0 Å². The molecule has 1 fully saturated rings. The summed E-state index contributed by atoms with van der Waals surface area (Å²) >= 11 is 0. The highest BCUT2D eigenvalue weighted by Crippen LogP contribution is 2.32. The lowest BCUT2D eigenvalue weighted by Gasteiger charge is -2.19. The molecule has 1 N–H and O–H groups in total. The summed E-state index contributed by atoms with van der Waals surface area (Å²) in [7, 11) is 1.69. The summed E-state index contributed by atoms with van der Waals surface area (Å²) < 4.78 is 11.0. The number of methoxy groups -OCH3 is 1. The maximum atomic E-state index is 5.55. The van der Waals surface area contributed by atoms with Crippen LogP contribution in [0, 0.1) is 5.92 Å². The number of anilines is 1. The first kappa shape index (κ1) is 15.0. The average molecular weight is 277 g/mol. The lowest BCUT2D eigenvalue weighted by atomic mass is 10.0. The van der Waals surface area contributed by atoms with Crippen molar-refractivity contribution >= 4 is 5.69 Å². The van der Waals surface area contributed by atoms with E-state index >= 15 is 0 Å². The summed E-state index contributed by atoms with van der Waals surface area (Å²) in [6.07, 6.45) is 6.54. The number of hydrogen-bond donors (Lipinski definition) is 1. The second kappa shape index (κ2) is 7.41. The van der Waals surface area contributed by atoms with Gasteiger partial charge in [-0.2, -0.15) is 0 Å². The fourth-order valence-corrected chi connectivity index (χ4v) is 2.90. The summed E-state index contributed by atoms with van der Waals surface area (Å²) in [5.41, 5.74) is 1.13. The van der Waals surface area contributed by atoms with Gasteiger partial charge in [0.25, 0.3) is 0 Å². The highest BCUT2D eigenvalue weighted by atomic mass is 16.5. The van der Waals surface area contributed by atoms with Crippen LogP contribution in [0.1, 0.15) is 46.0 Å². The van der Waals surface area contributed by atoms with Crippen LogP contribution in [0.3, 0.4) is 0 Å². The van der Waals surface area contributed by atoms with Gasteiger partial charge in [0.1, 0.15) is 0 Å². The molecule has 0 amide bonds. The van der Waals surface area contributed by atoms with Crippen molar-refractivity contribution in [1.29, 1.82) is 0 Å². The van der Waals surface area contributed by atoms with Crippen LogP contribution in [0.2, 0.25) is 0 Å². The van der Waals surface area contributed by atoms with Gasteiger partial charge >= 0.3 is 0 Å². The van der Waals surface area contributed by atoms with Crippen molar-refractivity contribution in [2.75, 3.05) is 19.0 Å². The molecule has 0 aromatic heterocycles. The van der Waals surface area contributed by atoms with Crippen LogP contribution >= 0.6 is 0 Å². The molecule has 2 unspecified atom stereocenters. The molecule has 2 atom stereocenters. The number of ether oxygens (including phenoxy) is 2. The van der Waals surface area contributed by atoms with Crippen molar-refractivity contribution in [1.82, 2.24) is 0 Å². The SMILES string of the molecule is CCOc1ccc(NC2CCCC(C)CC2)cc1OC. The Morgan fingerprint density at radius 3 is 2.75 bits per heavy atom. The molecule has 112 valence electrons. The number of rotatable bonds is 5. The number of benzene rings is 1. The number of hydrogen-bond acceptors (Lipinski definition) is 3. The Hall–Kier alpha value is -1.38. The Kier molecular flexibility index (Phi) is 5.57. The predicted molar refractivity (Wildman–Crippen MR) is 83.8 cm³/mol. The average Bonchev–Trinajstić information content (AvgIpc) is 2.66. The van der Waals surface area contributed by atoms with Crippen molar-refractivity contribution < 1.29 is 9.47 Å². The second-order valence-corrected chi connectivity index (χ2v) is 5.75. The summed E-state index contributed by atoms with van der Waals surface area (Å²) in [6, 6.07) is 6.70. The van der Waals surface area contributed by atoms with E-state index in [1.54, 1.807) is 7.11 Å². The van der Waals surface area contributed by atoms with Crippen LogP contribution in [0.5, 0.6) is 11.5 Å². The Labute approximate surface area is 122 Å². The lowest BCUT2D eigenvalue weighted by Crippen LogP contribution is -2.18. The molecule has 1 saturated carbocycles. The first-order chi connectivity index (χ1) is 9.72. The summed E-state index contributed by atoms with van der Waals surface area (Å²) in [5, 5.41) is 3.65. The molecule has 0 radical (unpaired) electrons. The molecule has 2 rings (SSSR count). The Balaban J connectivity index is 2.01. The van der Waals surface area contributed by atoms with Crippen LogP contribution in [-0.4, -0.2) is 19.8 Å². The molecule has 0 saturated heterocycles. The van der Waals surface area contributed by atoms with Gasteiger partial charge in [-0.1, -0.05) is 19.8 Å². The van der Waals surface area contributed by atoms with Crippen molar-refractivity contribution in [3.05, 3.63) is 18.2 Å². The Morgan fingerprint density at radius 1 is 1.15 bits per heavy atom. The van der Waals surface area contributed by atoms with Gasteiger partial charge in [-0.05, 0) is 44.2 Å². The quantitative estimate of drug-likeness (QED) is 0.805. The van der Waals surface area contributed by atoms with Crippen molar-refractivity contribution in [2.45, 2.75) is 52.0 Å². The molecular formula is C17H27NO2. The van der Waals surface area contributed by atoms with Gasteiger partial charge in [0.05, 0.1) is 13.7 Å². The van der Waals surface area contributed by atoms with Gasteiger partial charge in [0.15, 0.2) is 11.5 Å². The van der Waals surface area contributed by atoms with E-state index in [1.807, 2.05) is 19.1 Å². The van der Waals surface area contributed by atoms with Gasteiger partial charge < -0.3 is 14.8 Å². The summed E-state index contributed by atoms with van der Waals surface area (Å²) in [4.78, 5) is 0. The monoisotopic (exact) mass is 277 g/mol. The molecule has 1 aliphatic carbocycles. The van der Waals surface area contributed by atoms with E-state index in [-0.39, 0.29) is 0 Å². The van der Waals surface area contributed by atoms with Crippen LogP contribution in [0.15, 0.2) is 18.2 Å². The predicted octanol–water partition coefficient (Wildman–Crippen LogP) is 4.47. The third kappa shape index (κ3) is 4.06. The first-order valence-corrected chi connectivity index (χ1v) is 7.80. The molecule has 0 aliphatic heterocycles. The minimum Gasteiger partial charge on any atom is -0.493 e. The minimum absolute atomic E-state index is 0.586. The highest BCUT2D eigenvalue weighted by molar-refractivity contribution is 5.55. The molecule has 1 aromatic rings. The topological polar surface area (TPSA) is 30.5 Å². The molecular weight excluding hydrogens is 250 g/mol. The van der Waals surface area contributed by atoms with Gasteiger partial charge in [0, 0.05) is 17.8 Å². The lowest BCUT2D eigenvalue weighted by molar-refractivity contribution is 0.311. The van der Waals surface area contributed by atoms with E-state index in [0.29, 0.717) is 12.6 Å². The van der Waals surface area contributed by atoms with Gasteiger partial charge in [-0.3, -0.25) is 0 Å². The maximum absolute atomic E-state index is 5.55. The normalized spacial score (nSPS) is 22.9. The Bertz CT molecular complexity index is 419. The highest BCUT2D eigenvalue weighted by Gasteiger charge is 2.16. The molecule has 1 aliphatic rings. The molecule has 20 heavy (non-hydrogen) atoms. The maximum Gasteiger partial charge on any atom is 0.162 e. The molecule has 0 bridgehead atoms. The van der Waals surface area contributed by atoms with E-state index in [4.69, 9.17) is 9.47 Å². The van der Waals surface area contributed by atoms with E-state index in [0.717, 1.165) is 23.1 Å². The van der Waals surface area contributed by atoms with Crippen LogP contribution in [0.25, 0.3) is 0 Å². The zero-order chi connectivity index (χ0) is 14.4. The van der Waals surface area contributed by atoms with Crippen LogP contribution < -0.4 is 14.8 Å². The summed E-state index contributed by atoms with van der Waals surface area (Å²) in [6.45, 7) is 5.00. The Morgan fingerprint density at radius 2 is 2.00 bits per heavy atom. The summed E-state index contributed by atoms with van der Waals surface area (Å²) in [5.74, 6) is 2.49. The standard InChI is InChI=1S/C17H27NO2/c1-4-20-16-11-10-15(12-17(16)19-3)18-14-7-5-6-13(2)8-9-14/h10-14,18H,4-9H2,1-3H3. The molecule has 0 heterocycles. The molecule has 3 nitrogen and oxygen atoms in total. The molecule has 0 spiro atoms. The third-order valence-corrected chi connectivity index (χ3v) is 4.09. The van der Waals surface area contributed by atoms with Crippen LogP contribution in [-0.2, 0) is 0 Å². The van der Waals surface area contributed by atoms with E-state index < -0.39 is 0 Å². The van der Waals surface area contributed by atoms with Gasteiger partial charge in [0.2, 0.25) is 0 Å². The van der Waals surface area contributed by atoms with E-state index in [9.17, 15) is 0 Å².